The third-order valence-corrected chi connectivity index (χ3v) is 9.39. The van der Waals surface area contributed by atoms with Gasteiger partial charge in [0.2, 0.25) is 0 Å². The zero-order chi connectivity index (χ0) is 26.6. The Kier molecular flexibility index (Phi) is 28.8. The van der Waals surface area contributed by atoms with Gasteiger partial charge in [0.25, 0.3) is 0 Å². The average molecular weight is 541 g/mol. The molecule has 0 saturated heterocycles. The van der Waals surface area contributed by atoms with Crippen LogP contribution in [0, 0.1) is 5.41 Å². The maximum atomic E-state index is 5.78. The summed E-state index contributed by atoms with van der Waals surface area (Å²) < 4.78 is 1.02. The summed E-state index contributed by atoms with van der Waals surface area (Å²) in [5.41, 5.74) is 0.228. The van der Waals surface area contributed by atoms with Gasteiger partial charge in [0.05, 0.1) is 4.20 Å². The van der Waals surface area contributed by atoms with E-state index >= 15 is 0 Å². The van der Waals surface area contributed by atoms with Crippen molar-refractivity contribution in [1.82, 2.24) is 0 Å². The molecule has 0 bridgehead atoms. The molecule has 0 radical (unpaired) electrons. The first-order chi connectivity index (χ1) is 17.6. The molecule has 0 N–H and O–H groups in total. The van der Waals surface area contributed by atoms with Crippen molar-refractivity contribution in [2.75, 3.05) is 0 Å². The van der Waals surface area contributed by atoms with E-state index in [-0.39, 0.29) is 5.41 Å². The highest BCUT2D eigenvalue weighted by atomic mass is 32.1. The fourth-order valence-corrected chi connectivity index (χ4v) is 6.46. The van der Waals surface area contributed by atoms with Gasteiger partial charge in [0, 0.05) is 5.41 Å². The number of unbranched alkanes of at least 4 members (excludes halogenated alkanes) is 23. The monoisotopic (exact) mass is 540 g/mol. The second kappa shape index (κ2) is 28.4. The van der Waals surface area contributed by atoms with Gasteiger partial charge in [-0.1, -0.05) is 200 Å². The van der Waals surface area contributed by atoms with Crippen LogP contribution in [0.4, 0.5) is 0 Å². The van der Waals surface area contributed by atoms with Crippen molar-refractivity contribution in [2.45, 2.75) is 207 Å². The fraction of sp³-hybridized carbons (Fsp3) is 0.971. The van der Waals surface area contributed by atoms with Crippen LogP contribution in [0.5, 0.6) is 0 Å². The van der Waals surface area contributed by atoms with E-state index in [1.54, 1.807) is 0 Å². The molecule has 0 spiro atoms. The summed E-state index contributed by atoms with van der Waals surface area (Å²) in [5, 5.41) is 0. The fourth-order valence-electron chi connectivity index (χ4n) is 5.82. The Labute approximate surface area is 240 Å². The van der Waals surface area contributed by atoms with Gasteiger partial charge in [0.15, 0.2) is 0 Å². The maximum Gasteiger partial charge on any atom is 0.0509 e. The Morgan fingerprint density at radius 3 is 0.861 bits per heavy atom. The molecule has 0 unspecified atom stereocenters. The van der Waals surface area contributed by atoms with Gasteiger partial charge in [-0.3, -0.25) is 0 Å². The van der Waals surface area contributed by atoms with Crippen molar-refractivity contribution < 1.29 is 0 Å². The van der Waals surface area contributed by atoms with E-state index in [1.165, 1.54) is 186 Å². The van der Waals surface area contributed by atoms with Gasteiger partial charge in [-0.2, -0.15) is 0 Å². The van der Waals surface area contributed by atoms with Crippen molar-refractivity contribution >= 4 is 29.0 Å². The van der Waals surface area contributed by atoms with Crippen molar-refractivity contribution in [2.24, 2.45) is 5.41 Å². The van der Waals surface area contributed by atoms with Gasteiger partial charge < -0.3 is 0 Å². The first-order valence-electron chi connectivity index (χ1n) is 16.9. The molecule has 216 valence electrons. The van der Waals surface area contributed by atoms with Gasteiger partial charge in [-0.15, -0.1) is 12.6 Å². The van der Waals surface area contributed by atoms with E-state index in [0.717, 1.165) is 4.20 Å². The zero-order valence-electron chi connectivity index (χ0n) is 25.4. The van der Waals surface area contributed by atoms with E-state index in [1.807, 2.05) is 0 Å². The minimum absolute atomic E-state index is 0.228. The van der Waals surface area contributed by atoms with Gasteiger partial charge in [-0.25, -0.2) is 0 Å². The van der Waals surface area contributed by atoms with Crippen LogP contribution in [0.3, 0.4) is 0 Å². The van der Waals surface area contributed by atoms with E-state index in [4.69, 9.17) is 24.8 Å². The summed E-state index contributed by atoms with van der Waals surface area (Å²) in [4.78, 5) is 0. The van der Waals surface area contributed by atoms with E-state index in [0.29, 0.717) is 0 Å². The van der Waals surface area contributed by atoms with Crippen molar-refractivity contribution in [3.05, 3.63) is 0 Å². The Balaban J connectivity index is 3.99. The number of rotatable bonds is 30. The summed E-state index contributed by atoms with van der Waals surface area (Å²) >= 11 is 10.6. The molecular weight excluding hydrogens is 473 g/mol. The molecule has 0 aromatic rings. The number of thiocarbonyl (C=S) groups is 1. The molecule has 36 heavy (non-hydrogen) atoms. The summed E-state index contributed by atoms with van der Waals surface area (Å²) in [6.45, 7) is 6.92. The lowest BCUT2D eigenvalue weighted by molar-refractivity contribution is 0.302. The van der Waals surface area contributed by atoms with Gasteiger partial charge >= 0.3 is 0 Å². The molecule has 0 rings (SSSR count). The predicted octanol–water partition coefficient (Wildman–Crippen LogP) is 13.6. The number of hydrogen-bond acceptors (Lipinski definition) is 1. The highest BCUT2D eigenvalue weighted by Gasteiger charge is 2.31. The lowest BCUT2D eigenvalue weighted by Gasteiger charge is -2.33. The third-order valence-electron chi connectivity index (χ3n) is 8.48. The summed E-state index contributed by atoms with van der Waals surface area (Å²) in [6.07, 6.45) is 40.6. The first kappa shape index (κ1) is 36.4. The molecule has 0 amide bonds. The Morgan fingerprint density at radius 1 is 0.389 bits per heavy atom. The van der Waals surface area contributed by atoms with E-state index in [2.05, 4.69) is 20.8 Å². The molecule has 2 heteroatoms. The highest BCUT2D eigenvalue weighted by Crippen LogP contribution is 2.40. The molecule has 0 aliphatic carbocycles. The predicted molar refractivity (Wildman–Crippen MR) is 175 cm³/mol. The Bertz CT molecular complexity index is 416. The molecule has 0 aliphatic rings. The summed E-state index contributed by atoms with van der Waals surface area (Å²) in [7, 11) is 0. The van der Waals surface area contributed by atoms with Crippen LogP contribution < -0.4 is 0 Å². The van der Waals surface area contributed by atoms with Crippen LogP contribution in [0.2, 0.25) is 0 Å². The topological polar surface area (TPSA) is 0 Å². The molecule has 0 aromatic heterocycles. The van der Waals surface area contributed by atoms with E-state index in [9.17, 15) is 0 Å². The van der Waals surface area contributed by atoms with Gasteiger partial charge in [-0.05, 0) is 19.3 Å². The zero-order valence-corrected chi connectivity index (χ0v) is 27.1. The van der Waals surface area contributed by atoms with Crippen molar-refractivity contribution in [3.8, 4) is 0 Å². The minimum atomic E-state index is 0.228. The molecule has 0 nitrogen and oxygen atoms in total. The Morgan fingerprint density at radius 2 is 0.611 bits per heavy atom. The average Bonchev–Trinajstić information content (AvgIpc) is 2.87. The molecule has 0 atom stereocenters. The van der Waals surface area contributed by atoms with Gasteiger partial charge in [0.1, 0.15) is 0 Å². The van der Waals surface area contributed by atoms with Crippen molar-refractivity contribution in [3.63, 3.8) is 0 Å². The second-order valence-electron chi connectivity index (χ2n) is 12.0. The lowest BCUT2D eigenvalue weighted by Crippen LogP contribution is -2.27. The van der Waals surface area contributed by atoms with E-state index < -0.39 is 0 Å². The van der Waals surface area contributed by atoms with Crippen LogP contribution >= 0.6 is 24.8 Å². The molecular formula is C34H68S2. The minimum Gasteiger partial charge on any atom is -0.136 e. The largest absolute Gasteiger partial charge is 0.136 e. The van der Waals surface area contributed by atoms with Crippen LogP contribution in [-0.2, 0) is 0 Å². The quantitative estimate of drug-likeness (QED) is 0.0537. The molecule has 0 saturated carbocycles. The Hall–Kier alpha value is 0.440. The van der Waals surface area contributed by atoms with Crippen LogP contribution in [0.15, 0.2) is 0 Å². The van der Waals surface area contributed by atoms with Crippen molar-refractivity contribution in [1.29, 1.82) is 0 Å². The number of thiol groups is 1. The SMILES string of the molecule is CCCCCCCCCCCCCCC(CCCC)(CCCCCCCCCCCCCC)C(=S)S. The van der Waals surface area contributed by atoms with Crippen LogP contribution in [-0.4, -0.2) is 4.20 Å². The van der Waals surface area contributed by atoms with Crippen LogP contribution in [0.1, 0.15) is 207 Å². The molecule has 0 aliphatic heterocycles. The second-order valence-corrected chi connectivity index (χ2v) is 13.1. The van der Waals surface area contributed by atoms with Crippen LogP contribution in [0.25, 0.3) is 0 Å². The normalized spacial score (nSPS) is 11.9. The third kappa shape index (κ3) is 22.4. The molecule has 0 heterocycles. The first-order valence-corrected chi connectivity index (χ1v) is 17.7. The lowest BCUT2D eigenvalue weighted by atomic mass is 9.75. The molecule has 0 fully saturated rings. The maximum absolute atomic E-state index is 5.78. The standard InChI is InChI=1S/C34H68S2/c1-4-7-10-12-14-16-18-20-22-24-26-28-31-34(33(35)36,30-9-6-3)32-29-27-25-23-21-19-17-15-13-11-8-5-2/h4-32H2,1-3H3,(H,35,36). The summed E-state index contributed by atoms with van der Waals surface area (Å²) in [6, 6.07) is 0. The smallest absolute Gasteiger partial charge is 0.0509 e. The molecule has 0 aromatic carbocycles. The highest BCUT2D eigenvalue weighted by molar-refractivity contribution is 8.11. The number of hydrogen-bond donors (Lipinski definition) is 1. The summed E-state index contributed by atoms with van der Waals surface area (Å²) in [5.74, 6) is 0.